The van der Waals surface area contributed by atoms with Crippen LogP contribution in [0.1, 0.15) is 6.92 Å². The van der Waals surface area contributed by atoms with Gasteiger partial charge in [0.15, 0.2) is 5.12 Å². The van der Waals surface area contributed by atoms with Crippen LogP contribution < -0.4 is 11.1 Å². The van der Waals surface area contributed by atoms with Gasteiger partial charge in [-0.25, -0.2) is 0 Å². The van der Waals surface area contributed by atoms with Crippen molar-refractivity contribution >= 4 is 22.8 Å². The van der Waals surface area contributed by atoms with Gasteiger partial charge in [-0.05, 0) is 0 Å². The highest BCUT2D eigenvalue weighted by Gasteiger charge is 2.16. The van der Waals surface area contributed by atoms with Crippen LogP contribution in [0.2, 0.25) is 0 Å². The lowest BCUT2D eigenvalue weighted by Gasteiger charge is -2.10. The van der Waals surface area contributed by atoms with Crippen LogP contribution in [0.4, 0.5) is 0 Å². The molecule has 0 saturated heterocycles. The molecule has 12 heavy (non-hydrogen) atoms. The van der Waals surface area contributed by atoms with Gasteiger partial charge in [0.05, 0.1) is 0 Å². The Morgan fingerprint density at radius 1 is 1.67 bits per heavy atom. The van der Waals surface area contributed by atoms with Crippen molar-refractivity contribution in [2.75, 3.05) is 12.4 Å². The fourth-order valence-electron chi connectivity index (χ4n) is 0.560. The molecule has 6 heteroatoms. The summed E-state index contributed by atoms with van der Waals surface area (Å²) in [6.07, 6.45) is 0. The summed E-state index contributed by atoms with van der Waals surface area (Å²) in [6, 6.07) is -0.746. The molecule has 0 bridgehead atoms. The van der Waals surface area contributed by atoms with Crippen LogP contribution in [-0.2, 0) is 9.59 Å². The van der Waals surface area contributed by atoms with Crippen molar-refractivity contribution in [3.05, 3.63) is 0 Å². The van der Waals surface area contributed by atoms with Crippen molar-refractivity contribution in [3.63, 3.8) is 0 Å². The number of carbonyl (C=O) groups is 2. The third-order valence-electron chi connectivity index (χ3n) is 1.12. The molecule has 0 aromatic carbocycles. The van der Waals surface area contributed by atoms with Gasteiger partial charge in [0.25, 0.3) is 0 Å². The molecule has 0 aromatic rings. The van der Waals surface area contributed by atoms with Gasteiger partial charge >= 0.3 is 5.97 Å². The first-order valence-corrected chi connectivity index (χ1v) is 4.36. The molecular formula is C6H12N2O3S. The van der Waals surface area contributed by atoms with Crippen molar-refractivity contribution in [1.82, 2.24) is 5.32 Å². The summed E-state index contributed by atoms with van der Waals surface area (Å²) in [4.78, 5) is 20.9. The number of rotatable bonds is 5. The maximum Gasteiger partial charge on any atom is 0.321 e. The van der Waals surface area contributed by atoms with Gasteiger partial charge in [0.1, 0.15) is 6.04 Å². The summed E-state index contributed by atoms with van der Waals surface area (Å²) in [5, 5.41) is 11.0. The second-order valence-corrected chi connectivity index (χ2v) is 3.30. The van der Waals surface area contributed by atoms with Crippen LogP contribution in [0.5, 0.6) is 0 Å². The molecule has 0 rings (SSSR count). The van der Waals surface area contributed by atoms with Crippen molar-refractivity contribution in [2.45, 2.75) is 13.0 Å². The lowest BCUT2D eigenvalue weighted by molar-refractivity contribution is -0.138. The normalized spacial score (nSPS) is 12.5. The maximum atomic E-state index is 10.5. The fraction of sp³-hybridized carbons (Fsp3) is 0.667. The van der Waals surface area contributed by atoms with E-state index in [2.05, 4.69) is 5.32 Å². The molecule has 0 heterocycles. The summed E-state index contributed by atoms with van der Waals surface area (Å²) in [5.41, 5.74) is 5.10. The van der Waals surface area contributed by atoms with E-state index in [9.17, 15) is 9.59 Å². The van der Waals surface area contributed by atoms with Gasteiger partial charge in [-0.1, -0.05) is 11.8 Å². The summed E-state index contributed by atoms with van der Waals surface area (Å²) < 4.78 is 0. The molecule has 4 N–H and O–H groups in total. The Kier molecular flexibility index (Phi) is 5.69. The summed E-state index contributed by atoms with van der Waals surface area (Å²) in [5.74, 6) is -0.781. The SMILES string of the molecule is CC(=O)SC[C@H](NCN)C(=O)O. The minimum atomic E-state index is -0.991. The largest absolute Gasteiger partial charge is 0.480 e. The van der Waals surface area contributed by atoms with Crippen LogP contribution in [0.25, 0.3) is 0 Å². The molecule has 0 radical (unpaired) electrons. The second kappa shape index (κ2) is 5.99. The molecule has 0 spiro atoms. The van der Waals surface area contributed by atoms with Gasteiger partial charge in [0.2, 0.25) is 0 Å². The maximum absolute atomic E-state index is 10.5. The van der Waals surface area contributed by atoms with E-state index in [0.29, 0.717) is 0 Å². The molecule has 0 saturated carbocycles. The van der Waals surface area contributed by atoms with Crippen LogP contribution in [0, 0.1) is 0 Å². The van der Waals surface area contributed by atoms with E-state index in [4.69, 9.17) is 10.8 Å². The summed E-state index contributed by atoms with van der Waals surface area (Å²) >= 11 is 0.970. The predicted molar refractivity (Wildman–Crippen MR) is 46.8 cm³/mol. The minimum absolute atomic E-state index is 0.0927. The molecule has 0 aromatic heterocycles. The van der Waals surface area contributed by atoms with Gasteiger partial charge in [-0.15, -0.1) is 0 Å². The highest BCUT2D eigenvalue weighted by Crippen LogP contribution is 2.03. The number of nitrogens with two attached hydrogens (primary N) is 1. The number of nitrogens with one attached hydrogen (secondary N) is 1. The number of hydrogen-bond acceptors (Lipinski definition) is 5. The quantitative estimate of drug-likeness (QED) is 0.495. The molecule has 0 aliphatic carbocycles. The average molecular weight is 192 g/mol. The topological polar surface area (TPSA) is 92.4 Å². The number of thioether (sulfide) groups is 1. The number of carbonyl (C=O) groups excluding carboxylic acids is 1. The Morgan fingerprint density at radius 2 is 2.25 bits per heavy atom. The fourth-order valence-corrected chi connectivity index (χ4v) is 1.22. The van der Waals surface area contributed by atoms with E-state index in [-0.39, 0.29) is 17.5 Å². The second-order valence-electron chi connectivity index (χ2n) is 2.10. The number of hydrogen-bond donors (Lipinski definition) is 3. The van der Waals surface area contributed by atoms with Crippen LogP contribution in [0.15, 0.2) is 0 Å². The Balaban J connectivity index is 3.79. The smallest absolute Gasteiger partial charge is 0.321 e. The zero-order chi connectivity index (χ0) is 9.56. The molecule has 1 atom stereocenters. The van der Waals surface area contributed by atoms with E-state index in [0.717, 1.165) is 11.8 Å². The number of carboxylic acids is 1. The van der Waals surface area contributed by atoms with Gasteiger partial charge in [0, 0.05) is 19.3 Å². The molecule has 5 nitrogen and oxygen atoms in total. The molecule has 0 fully saturated rings. The third kappa shape index (κ3) is 5.11. The van der Waals surface area contributed by atoms with Crippen molar-refractivity contribution < 1.29 is 14.7 Å². The zero-order valence-corrected chi connectivity index (χ0v) is 7.56. The lowest BCUT2D eigenvalue weighted by atomic mass is 10.3. The third-order valence-corrected chi connectivity index (χ3v) is 2.02. The minimum Gasteiger partial charge on any atom is -0.480 e. The first kappa shape index (κ1) is 11.4. The summed E-state index contributed by atoms with van der Waals surface area (Å²) in [6.45, 7) is 1.49. The monoisotopic (exact) mass is 192 g/mol. The van der Waals surface area contributed by atoms with E-state index in [1.54, 1.807) is 0 Å². The van der Waals surface area contributed by atoms with Gasteiger partial charge < -0.3 is 10.8 Å². The molecule has 0 aliphatic rings. The highest BCUT2D eigenvalue weighted by atomic mass is 32.2. The Morgan fingerprint density at radius 3 is 2.58 bits per heavy atom. The Hall–Kier alpha value is -0.590. The van der Waals surface area contributed by atoms with Gasteiger partial charge in [-0.3, -0.25) is 14.9 Å². The van der Waals surface area contributed by atoms with Crippen LogP contribution >= 0.6 is 11.8 Å². The van der Waals surface area contributed by atoms with Crippen molar-refractivity contribution in [2.24, 2.45) is 5.73 Å². The van der Waals surface area contributed by atoms with E-state index in [1.807, 2.05) is 0 Å². The summed E-state index contributed by atoms with van der Waals surface area (Å²) in [7, 11) is 0. The molecule has 0 amide bonds. The number of carboxylic acid groups (broad SMARTS) is 1. The zero-order valence-electron chi connectivity index (χ0n) is 6.74. The van der Waals surface area contributed by atoms with E-state index >= 15 is 0 Å². The highest BCUT2D eigenvalue weighted by molar-refractivity contribution is 8.13. The number of aliphatic carboxylic acids is 1. The van der Waals surface area contributed by atoms with E-state index in [1.165, 1.54) is 6.92 Å². The van der Waals surface area contributed by atoms with Crippen LogP contribution in [-0.4, -0.2) is 34.7 Å². The van der Waals surface area contributed by atoms with Crippen molar-refractivity contribution in [1.29, 1.82) is 0 Å². The molecule has 0 unspecified atom stereocenters. The van der Waals surface area contributed by atoms with Crippen molar-refractivity contribution in [3.8, 4) is 0 Å². The average Bonchev–Trinajstić information content (AvgIpc) is 1.96. The van der Waals surface area contributed by atoms with Crippen LogP contribution in [0.3, 0.4) is 0 Å². The Labute approximate surface area is 74.7 Å². The predicted octanol–water partition coefficient (Wildman–Crippen LogP) is -0.775. The molecule has 70 valence electrons. The first-order chi connectivity index (χ1) is 5.57. The Bertz CT molecular complexity index is 174. The standard InChI is InChI=1S/C6H12N2O3S/c1-4(9)12-2-5(6(10)11)8-3-7/h5,8H,2-3,7H2,1H3,(H,10,11)/t5-/m0/s1. The first-order valence-electron chi connectivity index (χ1n) is 3.37. The molecule has 0 aliphatic heterocycles. The van der Waals surface area contributed by atoms with E-state index < -0.39 is 12.0 Å². The van der Waals surface area contributed by atoms with Gasteiger partial charge in [-0.2, -0.15) is 0 Å². The molecular weight excluding hydrogens is 180 g/mol. The lowest BCUT2D eigenvalue weighted by Crippen LogP contribution is -2.41.